The van der Waals surface area contributed by atoms with Crippen LogP contribution in [0.4, 0.5) is 4.39 Å². The lowest BCUT2D eigenvalue weighted by molar-refractivity contribution is -0.336. The minimum atomic E-state index is -3.67. The second-order valence-electron chi connectivity index (χ2n) is 6.22. The zero-order valence-corrected chi connectivity index (χ0v) is 16.2. The summed E-state index contributed by atoms with van der Waals surface area (Å²) in [6.07, 6.45) is 2.86. The maximum atomic E-state index is 13.4. The van der Waals surface area contributed by atoms with Crippen LogP contribution in [0.1, 0.15) is 25.1 Å². The normalized spacial score (nSPS) is 19.9. The molecule has 148 valence electrons. The number of halogens is 1. The van der Waals surface area contributed by atoms with Gasteiger partial charge in [0.15, 0.2) is 11.9 Å². The molecule has 0 aliphatic carbocycles. The van der Waals surface area contributed by atoms with Crippen molar-refractivity contribution in [1.82, 2.24) is 15.2 Å². The number of hydrogen-bond acceptors (Lipinski definition) is 8. The van der Waals surface area contributed by atoms with Gasteiger partial charge in [0.05, 0.1) is 12.3 Å². The van der Waals surface area contributed by atoms with Gasteiger partial charge in [-0.3, -0.25) is 4.79 Å². The maximum Gasteiger partial charge on any atom is 0.247 e. The number of aromatic nitrogens is 2. The van der Waals surface area contributed by atoms with Crippen LogP contribution in [0, 0.1) is 5.82 Å². The molecule has 1 aliphatic rings. The first-order valence-electron chi connectivity index (χ1n) is 8.32. The molecule has 8 nitrogen and oxygen atoms in total. The van der Waals surface area contributed by atoms with Crippen LogP contribution in [-0.2, 0) is 24.3 Å². The van der Waals surface area contributed by atoms with Crippen molar-refractivity contribution in [1.29, 1.82) is 0 Å². The summed E-state index contributed by atoms with van der Waals surface area (Å²) < 4.78 is 37.1. The second kappa shape index (κ2) is 7.38. The largest absolute Gasteiger partial charge is 0.300 e. The Morgan fingerprint density at radius 3 is 2.54 bits per heavy atom. The first-order chi connectivity index (χ1) is 13.2. The first-order valence-corrected chi connectivity index (χ1v) is 10.2. The van der Waals surface area contributed by atoms with E-state index in [1.54, 1.807) is 6.92 Å². The van der Waals surface area contributed by atoms with Crippen LogP contribution in [0.5, 0.6) is 0 Å². The van der Waals surface area contributed by atoms with Crippen LogP contribution in [0.15, 0.2) is 41.7 Å². The molecule has 0 bridgehead atoms. The van der Waals surface area contributed by atoms with Crippen LogP contribution in [0.25, 0.3) is 11.3 Å². The fraction of sp³-hybridized carbons (Fsp3) is 0.278. The number of benzene rings is 1. The van der Waals surface area contributed by atoms with Crippen molar-refractivity contribution in [2.24, 2.45) is 0 Å². The third kappa shape index (κ3) is 3.66. The van der Waals surface area contributed by atoms with Gasteiger partial charge in [-0.25, -0.2) is 32.5 Å². The van der Waals surface area contributed by atoms with Gasteiger partial charge in [0.2, 0.25) is 15.0 Å². The molecule has 0 spiro atoms. The molecule has 1 unspecified atom stereocenters. The van der Waals surface area contributed by atoms with Gasteiger partial charge in [-0.05, 0) is 37.6 Å². The zero-order chi connectivity index (χ0) is 20.5. The van der Waals surface area contributed by atoms with E-state index in [-0.39, 0.29) is 23.2 Å². The quantitative estimate of drug-likeness (QED) is 0.530. The van der Waals surface area contributed by atoms with Gasteiger partial charge >= 0.3 is 0 Å². The Morgan fingerprint density at radius 1 is 1.29 bits per heavy atom. The van der Waals surface area contributed by atoms with Crippen molar-refractivity contribution in [2.75, 3.05) is 12.9 Å². The summed E-state index contributed by atoms with van der Waals surface area (Å²) in [5.41, 5.74) is -0.204. The van der Waals surface area contributed by atoms with E-state index >= 15 is 0 Å². The molecule has 0 radical (unpaired) electrons. The molecule has 1 aliphatic heterocycles. The predicted octanol–water partition coefficient (Wildman–Crippen LogP) is 2.04. The third-order valence-electron chi connectivity index (χ3n) is 4.00. The molecule has 0 amide bonds. The Labute approximate surface area is 161 Å². The summed E-state index contributed by atoms with van der Waals surface area (Å²) in [6, 6.07) is 6.94. The highest BCUT2D eigenvalue weighted by Crippen LogP contribution is 2.44. The Bertz CT molecular complexity index is 1040. The number of nitrogens with zero attached hydrogens (tertiary/aromatic N) is 3. The van der Waals surface area contributed by atoms with Crippen molar-refractivity contribution in [3.8, 4) is 0 Å². The molecule has 3 rings (SSSR count). The summed E-state index contributed by atoms with van der Waals surface area (Å²) >= 11 is 0. The summed E-state index contributed by atoms with van der Waals surface area (Å²) in [5, 5.41) is 0.647. The molecule has 1 atom stereocenters. The molecule has 2 aromatic rings. The lowest BCUT2D eigenvalue weighted by Gasteiger charge is -2.22. The minimum absolute atomic E-state index is 0.175. The summed E-state index contributed by atoms with van der Waals surface area (Å²) in [7, 11) is -3.67. The number of rotatable bonds is 6. The molecule has 1 aromatic heterocycles. The molecule has 10 heteroatoms. The number of carbonyl (C=O) groups excluding carboxylic acids is 1. The molecular weight excluding hydrogens is 389 g/mol. The van der Waals surface area contributed by atoms with E-state index in [4.69, 9.17) is 9.68 Å². The molecular formula is C18H18FN3O5S. The van der Waals surface area contributed by atoms with Gasteiger partial charge in [0.25, 0.3) is 0 Å². The Balaban J connectivity index is 2.31. The highest BCUT2D eigenvalue weighted by atomic mass is 32.2. The first kappa shape index (κ1) is 20.1. The summed E-state index contributed by atoms with van der Waals surface area (Å²) in [6.45, 7) is 3.45. The zero-order valence-electron chi connectivity index (χ0n) is 15.4. The van der Waals surface area contributed by atoms with Crippen molar-refractivity contribution in [3.63, 3.8) is 0 Å². The fourth-order valence-corrected chi connectivity index (χ4v) is 3.31. The van der Waals surface area contributed by atoms with Crippen molar-refractivity contribution < 1.29 is 27.3 Å². The van der Waals surface area contributed by atoms with Crippen LogP contribution >= 0.6 is 0 Å². The van der Waals surface area contributed by atoms with E-state index in [9.17, 15) is 17.6 Å². The van der Waals surface area contributed by atoms with E-state index in [0.717, 1.165) is 11.5 Å². The maximum absolute atomic E-state index is 13.4. The standard InChI is InChI=1S/C18H18FN3O5S/c1-4-26-22-16(14-9-10-20-17(21-14)28(3,24)25)15(18(2,11-23)27-22)12-5-7-13(19)8-6-12/h5-11H,4H2,1-3H3. The van der Waals surface area contributed by atoms with Gasteiger partial charge in [-0.1, -0.05) is 12.1 Å². The molecule has 0 N–H and O–H groups in total. The van der Waals surface area contributed by atoms with E-state index in [1.165, 1.54) is 43.5 Å². The monoisotopic (exact) mass is 407 g/mol. The van der Waals surface area contributed by atoms with E-state index < -0.39 is 21.3 Å². The molecule has 28 heavy (non-hydrogen) atoms. The van der Waals surface area contributed by atoms with E-state index in [2.05, 4.69) is 9.97 Å². The Kier molecular flexibility index (Phi) is 5.28. The van der Waals surface area contributed by atoms with Crippen molar-refractivity contribution >= 4 is 27.4 Å². The van der Waals surface area contributed by atoms with Gasteiger partial charge < -0.3 is 0 Å². The second-order valence-corrected chi connectivity index (χ2v) is 8.13. The van der Waals surface area contributed by atoms with Crippen LogP contribution < -0.4 is 0 Å². The number of carbonyl (C=O) groups is 1. The smallest absolute Gasteiger partial charge is 0.247 e. The molecule has 1 aromatic carbocycles. The van der Waals surface area contributed by atoms with Crippen molar-refractivity contribution in [3.05, 3.63) is 53.6 Å². The highest BCUT2D eigenvalue weighted by molar-refractivity contribution is 7.90. The van der Waals surface area contributed by atoms with Crippen LogP contribution in [-0.4, -0.2) is 48.4 Å². The number of aldehydes is 1. The van der Waals surface area contributed by atoms with Crippen LogP contribution in [0.3, 0.4) is 0 Å². The lowest BCUT2D eigenvalue weighted by Crippen LogP contribution is -2.32. The molecule has 0 fully saturated rings. The highest BCUT2D eigenvalue weighted by Gasteiger charge is 2.46. The summed E-state index contributed by atoms with van der Waals surface area (Å²) in [5.74, 6) is -0.444. The molecule has 2 heterocycles. The van der Waals surface area contributed by atoms with Crippen molar-refractivity contribution in [2.45, 2.75) is 24.6 Å². The van der Waals surface area contributed by atoms with E-state index in [1.807, 2.05) is 0 Å². The van der Waals surface area contributed by atoms with Crippen LogP contribution in [0.2, 0.25) is 0 Å². The van der Waals surface area contributed by atoms with Gasteiger partial charge in [0, 0.05) is 18.0 Å². The minimum Gasteiger partial charge on any atom is -0.300 e. The predicted molar refractivity (Wildman–Crippen MR) is 97.4 cm³/mol. The molecule has 0 saturated carbocycles. The molecule has 0 saturated heterocycles. The topological polar surface area (TPSA) is 98.7 Å². The van der Waals surface area contributed by atoms with Gasteiger partial charge in [0.1, 0.15) is 11.5 Å². The third-order valence-corrected chi connectivity index (χ3v) is 4.86. The summed E-state index contributed by atoms with van der Waals surface area (Å²) in [4.78, 5) is 30.9. The number of hydroxylamine groups is 2. The fourth-order valence-electron chi connectivity index (χ4n) is 2.79. The lowest BCUT2D eigenvalue weighted by atomic mass is 9.89. The van der Waals surface area contributed by atoms with Gasteiger partial charge in [-0.15, -0.1) is 5.23 Å². The average Bonchev–Trinajstić information content (AvgIpc) is 2.95. The average molecular weight is 407 g/mol. The Hall–Kier alpha value is -2.69. The Morgan fingerprint density at radius 2 is 1.96 bits per heavy atom. The number of sulfone groups is 1. The van der Waals surface area contributed by atoms with E-state index in [0.29, 0.717) is 17.4 Å². The SMILES string of the molecule is CCON1OC(C)(C=O)C(c2ccc(F)cc2)=C1c1ccnc(S(C)(=O)=O)n1. The number of hydrogen-bond donors (Lipinski definition) is 0. The van der Waals surface area contributed by atoms with Gasteiger partial charge in [-0.2, -0.15) is 0 Å².